The fourth-order valence-electron chi connectivity index (χ4n) is 2.10. The van der Waals surface area contributed by atoms with E-state index in [4.69, 9.17) is 10.3 Å². The minimum Gasteiger partial charge on any atom is -0.393 e. The van der Waals surface area contributed by atoms with E-state index in [-0.39, 0.29) is 6.42 Å². The lowest BCUT2D eigenvalue weighted by Crippen LogP contribution is -2.39. The van der Waals surface area contributed by atoms with E-state index in [1.165, 1.54) is 6.92 Å². The van der Waals surface area contributed by atoms with Crippen LogP contribution >= 0.6 is 0 Å². The predicted octanol–water partition coefficient (Wildman–Crippen LogP) is 0.0245. The smallest absolute Gasteiger partial charge is 0.330 e. The highest BCUT2D eigenvalue weighted by molar-refractivity contribution is 4.98. The third-order valence-electron chi connectivity index (χ3n) is 3.27. The zero-order chi connectivity index (χ0) is 14.9. The highest BCUT2D eigenvalue weighted by Crippen LogP contribution is 2.37. The van der Waals surface area contributed by atoms with E-state index >= 15 is 0 Å². The number of hydrogen-bond acceptors (Lipinski definition) is 5. The molecule has 1 saturated heterocycles. The number of rotatable bonds is 3. The van der Waals surface area contributed by atoms with Gasteiger partial charge in [-0.2, -0.15) is 4.39 Å². The fourth-order valence-corrected chi connectivity index (χ4v) is 2.10. The molecule has 1 aliphatic heterocycles. The summed E-state index contributed by atoms with van der Waals surface area (Å²) in [4.78, 5) is 27.1. The summed E-state index contributed by atoms with van der Waals surface area (Å²) in [7, 11) is 0. The molecule has 1 aromatic heterocycles. The third-order valence-corrected chi connectivity index (χ3v) is 3.27. The van der Waals surface area contributed by atoms with E-state index in [9.17, 15) is 19.1 Å². The number of aliphatic hydroxyl groups excluding tert-OH is 1. The van der Waals surface area contributed by atoms with Crippen LogP contribution in [0.3, 0.4) is 0 Å². The van der Waals surface area contributed by atoms with Crippen molar-refractivity contribution in [3.63, 3.8) is 0 Å². The maximum Gasteiger partial charge on any atom is 0.330 e. The molecular weight excluding hydrogens is 273 g/mol. The summed E-state index contributed by atoms with van der Waals surface area (Å²) in [5.74, 6) is -1.13. The lowest BCUT2D eigenvalue weighted by Gasteiger charge is -2.25. The van der Waals surface area contributed by atoms with Crippen LogP contribution in [0.1, 0.15) is 19.6 Å². The van der Waals surface area contributed by atoms with Crippen LogP contribution in [0.15, 0.2) is 20.9 Å². The summed E-state index contributed by atoms with van der Waals surface area (Å²) in [5, 5.41) is 12.8. The Labute approximate surface area is 111 Å². The molecule has 0 saturated carbocycles. The number of hydrogen-bond donors (Lipinski definition) is 2. The molecule has 108 valence electrons. The first kappa shape index (κ1) is 14.3. The molecule has 0 spiro atoms. The van der Waals surface area contributed by atoms with Crippen molar-refractivity contribution in [3.05, 3.63) is 43.3 Å². The second-order valence-corrected chi connectivity index (χ2v) is 4.64. The van der Waals surface area contributed by atoms with Crippen molar-refractivity contribution in [2.45, 2.75) is 31.2 Å². The lowest BCUT2D eigenvalue weighted by molar-refractivity contribution is -0.0923. The predicted molar refractivity (Wildman–Crippen MR) is 64.4 cm³/mol. The molecule has 1 fully saturated rings. The van der Waals surface area contributed by atoms with Crippen molar-refractivity contribution < 1.29 is 14.2 Å². The van der Waals surface area contributed by atoms with Gasteiger partial charge in [-0.15, -0.1) is 0 Å². The summed E-state index contributed by atoms with van der Waals surface area (Å²) in [5.41, 5.74) is 5.35. The monoisotopic (exact) mass is 285 g/mol. The second kappa shape index (κ2) is 5.08. The van der Waals surface area contributed by atoms with Gasteiger partial charge in [0.25, 0.3) is 5.56 Å². The van der Waals surface area contributed by atoms with Gasteiger partial charge in [-0.25, -0.2) is 4.79 Å². The van der Waals surface area contributed by atoms with Crippen LogP contribution in [0, 0.1) is 5.82 Å². The Bertz CT molecular complexity index is 679. The molecule has 2 heterocycles. The number of aromatic amines is 1. The van der Waals surface area contributed by atoms with Crippen LogP contribution in [0.2, 0.25) is 0 Å². The van der Waals surface area contributed by atoms with Gasteiger partial charge in [0.05, 0.1) is 24.4 Å². The number of H-pyrrole nitrogens is 1. The van der Waals surface area contributed by atoms with Gasteiger partial charge in [-0.1, -0.05) is 5.11 Å². The molecule has 9 nitrogen and oxygen atoms in total. The third kappa shape index (κ3) is 2.31. The SMILES string of the molecule is C[C@]1(CO)O[C@@H](n2cc(F)c(=O)[nH]c2=O)C[C@@H]1N=[N+]=[N-]. The highest BCUT2D eigenvalue weighted by atomic mass is 19.1. The van der Waals surface area contributed by atoms with E-state index in [2.05, 4.69) is 10.0 Å². The molecule has 2 rings (SSSR count). The molecule has 20 heavy (non-hydrogen) atoms. The second-order valence-electron chi connectivity index (χ2n) is 4.64. The summed E-state index contributed by atoms with van der Waals surface area (Å²) < 4.78 is 19.6. The Morgan fingerprint density at radius 3 is 3.05 bits per heavy atom. The number of aliphatic hydroxyl groups is 1. The minimum absolute atomic E-state index is 0.0759. The van der Waals surface area contributed by atoms with Crippen molar-refractivity contribution in [1.29, 1.82) is 0 Å². The lowest BCUT2D eigenvalue weighted by atomic mass is 9.98. The molecule has 0 amide bonds. The average molecular weight is 285 g/mol. The summed E-state index contributed by atoms with van der Waals surface area (Å²) in [6.45, 7) is 1.08. The maximum atomic E-state index is 13.2. The van der Waals surface area contributed by atoms with Crippen LogP contribution in [-0.2, 0) is 4.74 Å². The van der Waals surface area contributed by atoms with Gasteiger partial charge >= 0.3 is 5.69 Å². The van der Waals surface area contributed by atoms with E-state index in [1.54, 1.807) is 0 Å². The molecule has 0 unspecified atom stereocenters. The van der Waals surface area contributed by atoms with Crippen molar-refractivity contribution in [3.8, 4) is 0 Å². The Hall–Kier alpha value is -2.16. The number of nitrogens with one attached hydrogen (secondary N) is 1. The molecule has 3 atom stereocenters. The van der Waals surface area contributed by atoms with Crippen LogP contribution in [-0.4, -0.2) is 32.9 Å². The van der Waals surface area contributed by atoms with Gasteiger partial charge in [0.2, 0.25) is 5.82 Å². The van der Waals surface area contributed by atoms with E-state index in [0.717, 1.165) is 10.8 Å². The first-order valence-electron chi connectivity index (χ1n) is 5.75. The van der Waals surface area contributed by atoms with E-state index < -0.39 is 41.5 Å². The molecule has 0 radical (unpaired) electrons. The van der Waals surface area contributed by atoms with Gasteiger partial charge in [0.15, 0.2) is 0 Å². The quantitative estimate of drug-likeness (QED) is 0.460. The fraction of sp³-hybridized carbons (Fsp3) is 0.600. The molecule has 0 aromatic carbocycles. The van der Waals surface area contributed by atoms with Crippen molar-refractivity contribution in [2.75, 3.05) is 6.61 Å². The highest BCUT2D eigenvalue weighted by Gasteiger charge is 2.45. The molecular formula is C10H12FN5O4. The van der Waals surface area contributed by atoms with Gasteiger partial charge in [0.1, 0.15) is 6.23 Å². The molecule has 1 aromatic rings. The Balaban J connectivity index is 2.42. The largest absolute Gasteiger partial charge is 0.393 e. The summed E-state index contributed by atoms with van der Waals surface area (Å²) in [6, 6.07) is -0.718. The number of ether oxygens (including phenoxy) is 1. The first-order valence-corrected chi connectivity index (χ1v) is 5.75. The number of azide groups is 1. The van der Waals surface area contributed by atoms with Crippen LogP contribution in [0.5, 0.6) is 0 Å². The Morgan fingerprint density at radius 2 is 2.45 bits per heavy atom. The topological polar surface area (TPSA) is 133 Å². The normalized spacial score (nSPS) is 29.1. The average Bonchev–Trinajstić information content (AvgIpc) is 2.73. The maximum absolute atomic E-state index is 13.2. The molecule has 2 N–H and O–H groups in total. The summed E-state index contributed by atoms with van der Waals surface area (Å²) in [6.07, 6.45) is -0.143. The molecule has 1 aliphatic rings. The van der Waals surface area contributed by atoms with Crippen LogP contribution in [0.4, 0.5) is 4.39 Å². The van der Waals surface area contributed by atoms with Crippen LogP contribution < -0.4 is 11.2 Å². The van der Waals surface area contributed by atoms with Gasteiger partial charge in [-0.05, 0) is 12.5 Å². The standard InChI is InChI=1S/C10H12FN5O4/c1-10(4-17)6(14-15-12)2-7(20-10)16-3-5(11)8(18)13-9(16)19/h3,6-7,17H,2,4H2,1H3,(H,13,18,19)/t6-,7+,10+/m0/s1. The van der Waals surface area contributed by atoms with Crippen molar-refractivity contribution >= 4 is 0 Å². The zero-order valence-electron chi connectivity index (χ0n) is 10.5. The Kier molecular flexibility index (Phi) is 3.62. The van der Waals surface area contributed by atoms with Gasteiger partial charge in [0, 0.05) is 11.3 Å². The summed E-state index contributed by atoms with van der Waals surface area (Å²) >= 11 is 0. The van der Waals surface area contributed by atoms with Gasteiger partial charge in [-0.3, -0.25) is 14.3 Å². The van der Waals surface area contributed by atoms with Crippen LogP contribution in [0.25, 0.3) is 10.4 Å². The van der Waals surface area contributed by atoms with E-state index in [0.29, 0.717) is 0 Å². The number of halogens is 1. The van der Waals surface area contributed by atoms with Crippen molar-refractivity contribution in [1.82, 2.24) is 9.55 Å². The van der Waals surface area contributed by atoms with Crippen molar-refractivity contribution in [2.24, 2.45) is 5.11 Å². The number of aromatic nitrogens is 2. The Morgan fingerprint density at radius 1 is 1.75 bits per heavy atom. The van der Waals surface area contributed by atoms with E-state index in [1.807, 2.05) is 4.98 Å². The zero-order valence-corrected chi connectivity index (χ0v) is 10.5. The first-order chi connectivity index (χ1) is 9.41. The number of nitrogens with zero attached hydrogens (tertiary/aromatic N) is 4. The minimum atomic E-state index is -1.18. The molecule has 0 aliphatic carbocycles. The molecule has 0 bridgehead atoms. The van der Waals surface area contributed by atoms with Gasteiger partial charge < -0.3 is 9.84 Å². The molecule has 10 heteroatoms.